The van der Waals surface area contributed by atoms with Gasteiger partial charge in [-0.05, 0) is 43.7 Å². The molecule has 0 atom stereocenters. The minimum Gasteiger partial charge on any atom is -0.486 e. The number of fused-ring (bicyclic) bond motifs is 1. The molecule has 5 nitrogen and oxygen atoms in total. The Morgan fingerprint density at radius 1 is 1.08 bits per heavy atom. The number of amides is 1. The zero-order chi connectivity index (χ0) is 17.5. The fourth-order valence-electron chi connectivity index (χ4n) is 2.87. The van der Waals surface area contributed by atoms with Gasteiger partial charge in [0.15, 0.2) is 11.5 Å². The van der Waals surface area contributed by atoms with Crippen LogP contribution in [0.15, 0.2) is 48.5 Å². The molecule has 1 aliphatic rings. The molecule has 0 bridgehead atoms. The van der Waals surface area contributed by atoms with Crippen molar-refractivity contribution >= 4 is 11.6 Å². The third-order valence-electron chi connectivity index (χ3n) is 4.20. The molecule has 2 aromatic rings. The van der Waals surface area contributed by atoms with Crippen molar-refractivity contribution in [3.05, 3.63) is 54.1 Å². The highest BCUT2D eigenvalue weighted by Crippen LogP contribution is 2.30. The van der Waals surface area contributed by atoms with Crippen LogP contribution in [0.5, 0.6) is 11.5 Å². The van der Waals surface area contributed by atoms with Crippen molar-refractivity contribution in [2.75, 3.05) is 37.7 Å². The topological polar surface area (TPSA) is 50.8 Å². The molecule has 0 saturated heterocycles. The maximum atomic E-state index is 12.3. The van der Waals surface area contributed by atoms with Crippen LogP contribution in [0.4, 0.5) is 5.69 Å². The quantitative estimate of drug-likeness (QED) is 0.787. The van der Waals surface area contributed by atoms with Crippen LogP contribution in [0, 0.1) is 0 Å². The Morgan fingerprint density at radius 3 is 2.60 bits per heavy atom. The Morgan fingerprint density at radius 2 is 1.84 bits per heavy atom. The number of para-hydroxylation sites is 1. The number of nitrogens with one attached hydrogen (secondary N) is 1. The fourth-order valence-corrected chi connectivity index (χ4v) is 2.87. The fraction of sp³-hybridized carbons (Fsp3) is 0.350. The smallest absolute Gasteiger partial charge is 0.251 e. The van der Waals surface area contributed by atoms with Crippen molar-refractivity contribution in [3.63, 3.8) is 0 Å². The summed E-state index contributed by atoms with van der Waals surface area (Å²) in [5.74, 6) is 1.25. The van der Waals surface area contributed by atoms with Crippen LogP contribution < -0.4 is 19.7 Å². The lowest BCUT2D eigenvalue weighted by Crippen LogP contribution is -2.30. The minimum absolute atomic E-state index is 0.0836. The van der Waals surface area contributed by atoms with E-state index in [1.54, 1.807) is 18.2 Å². The number of ether oxygens (including phenoxy) is 2. The summed E-state index contributed by atoms with van der Waals surface area (Å²) < 4.78 is 11.0. The molecule has 1 heterocycles. The number of carbonyl (C=O) groups excluding carboxylic acids is 1. The van der Waals surface area contributed by atoms with E-state index in [-0.39, 0.29) is 5.91 Å². The van der Waals surface area contributed by atoms with Gasteiger partial charge in [0.25, 0.3) is 5.91 Å². The molecular formula is C20H24N2O3. The largest absolute Gasteiger partial charge is 0.486 e. The summed E-state index contributed by atoms with van der Waals surface area (Å²) in [6.45, 7) is 5.69. The van der Waals surface area contributed by atoms with Crippen molar-refractivity contribution in [2.24, 2.45) is 0 Å². The van der Waals surface area contributed by atoms with Crippen molar-refractivity contribution in [3.8, 4) is 11.5 Å². The highest BCUT2D eigenvalue weighted by atomic mass is 16.6. The summed E-state index contributed by atoms with van der Waals surface area (Å²) in [6, 6.07) is 15.6. The van der Waals surface area contributed by atoms with Crippen molar-refractivity contribution in [1.82, 2.24) is 5.32 Å². The average molecular weight is 340 g/mol. The summed E-state index contributed by atoms with van der Waals surface area (Å²) in [4.78, 5) is 14.6. The summed E-state index contributed by atoms with van der Waals surface area (Å²) in [7, 11) is 0. The van der Waals surface area contributed by atoms with Gasteiger partial charge in [-0.2, -0.15) is 0 Å². The van der Waals surface area contributed by atoms with Gasteiger partial charge in [0.1, 0.15) is 13.2 Å². The first-order chi connectivity index (χ1) is 12.3. The lowest BCUT2D eigenvalue weighted by Gasteiger charge is -2.23. The maximum absolute atomic E-state index is 12.3. The van der Waals surface area contributed by atoms with E-state index < -0.39 is 0 Å². The second-order valence-corrected chi connectivity index (χ2v) is 5.88. The first-order valence-corrected chi connectivity index (χ1v) is 8.76. The van der Waals surface area contributed by atoms with E-state index in [1.807, 2.05) is 18.2 Å². The molecule has 25 heavy (non-hydrogen) atoms. The van der Waals surface area contributed by atoms with E-state index in [0.717, 1.165) is 19.5 Å². The first-order valence-electron chi connectivity index (χ1n) is 8.76. The average Bonchev–Trinajstić information content (AvgIpc) is 2.68. The lowest BCUT2D eigenvalue weighted by atomic mass is 10.2. The molecule has 1 amide bonds. The monoisotopic (exact) mass is 340 g/mol. The van der Waals surface area contributed by atoms with Gasteiger partial charge in [0, 0.05) is 30.9 Å². The van der Waals surface area contributed by atoms with Crippen LogP contribution in [0.2, 0.25) is 0 Å². The Labute approximate surface area is 148 Å². The standard InChI is InChI=1S/C20H24N2O3/c1-2-22(17-7-4-3-5-8-17)12-6-11-21-20(23)16-9-10-18-19(15-16)25-14-13-24-18/h3-5,7-10,15H,2,6,11-14H2,1H3,(H,21,23). The SMILES string of the molecule is CCN(CCCNC(=O)c1ccc2c(c1)OCCO2)c1ccccc1. The first kappa shape index (κ1) is 17.1. The van der Waals surface area contributed by atoms with Crippen LogP contribution in [-0.4, -0.2) is 38.8 Å². The second-order valence-electron chi connectivity index (χ2n) is 5.88. The van der Waals surface area contributed by atoms with Crippen molar-refractivity contribution < 1.29 is 14.3 Å². The number of carbonyl (C=O) groups is 1. The molecule has 2 aromatic carbocycles. The number of anilines is 1. The van der Waals surface area contributed by atoms with Gasteiger partial charge in [0.05, 0.1) is 0 Å². The third-order valence-corrected chi connectivity index (χ3v) is 4.20. The Hall–Kier alpha value is -2.69. The summed E-state index contributed by atoms with van der Waals surface area (Å²) in [6.07, 6.45) is 0.888. The highest BCUT2D eigenvalue weighted by Gasteiger charge is 2.14. The molecule has 0 fully saturated rings. The number of rotatable bonds is 7. The minimum atomic E-state index is -0.0836. The van der Waals surface area contributed by atoms with E-state index in [4.69, 9.17) is 9.47 Å². The number of hydrogen-bond donors (Lipinski definition) is 1. The van der Waals surface area contributed by atoms with Crippen LogP contribution in [-0.2, 0) is 0 Å². The Kier molecular flexibility index (Phi) is 5.77. The normalized spacial score (nSPS) is 12.5. The molecule has 1 N–H and O–H groups in total. The van der Waals surface area contributed by atoms with E-state index >= 15 is 0 Å². The van der Waals surface area contributed by atoms with Crippen molar-refractivity contribution in [1.29, 1.82) is 0 Å². The predicted molar refractivity (Wildman–Crippen MR) is 98.7 cm³/mol. The van der Waals surface area contributed by atoms with Gasteiger partial charge in [-0.15, -0.1) is 0 Å². The third kappa shape index (κ3) is 4.44. The molecule has 0 aromatic heterocycles. The zero-order valence-corrected chi connectivity index (χ0v) is 14.5. The summed E-state index contributed by atoms with van der Waals surface area (Å²) >= 11 is 0. The molecule has 0 aliphatic carbocycles. The molecule has 5 heteroatoms. The van der Waals surface area contributed by atoms with Crippen LogP contribution >= 0.6 is 0 Å². The van der Waals surface area contributed by atoms with Crippen LogP contribution in [0.3, 0.4) is 0 Å². The molecule has 0 spiro atoms. The Bertz CT molecular complexity index is 703. The van der Waals surface area contributed by atoms with Gasteiger partial charge in [0.2, 0.25) is 0 Å². The number of benzene rings is 2. The van der Waals surface area contributed by atoms with Gasteiger partial charge in [-0.1, -0.05) is 18.2 Å². The maximum Gasteiger partial charge on any atom is 0.251 e. The summed E-state index contributed by atoms with van der Waals surface area (Å²) in [5.41, 5.74) is 1.81. The van der Waals surface area contributed by atoms with Crippen LogP contribution in [0.25, 0.3) is 0 Å². The van der Waals surface area contributed by atoms with E-state index in [9.17, 15) is 4.79 Å². The van der Waals surface area contributed by atoms with E-state index in [2.05, 4.69) is 29.3 Å². The molecule has 0 unspecified atom stereocenters. The van der Waals surface area contributed by atoms with Gasteiger partial charge < -0.3 is 19.7 Å². The zero-order valence-electron chi connectivity index (χ0n) is 14.5. The predicted octanol–water partition coefficient (Wildman–Crippen LogP) is 3.10. The van der Waals surface area contributed by atoms with Crippen molar-refractivity contribution in [2.45, 2.75) is 13.3 Å². The molecule has 0 radical (unpaired) electrons. The number of nitrogens with zero attached hydrogens (tertiary/aromatic N) is 1. The molecule has 3 rings (SSSR count). The van der Waals surface area contributed by atoms with Gasteiger partial charge in [-0.25, -0.2) is 0 Å². The van der Waals surface area contributed by atoms with Gasteiger partial charge in [-0.3, -0.25) is 4.79 Å². The highest BCUT2D eigenvalue weighted by molar-refractivity contribution is 5.94. The Balaban J connectivity index is 1.48. The number of hydrogen-bond acceptors (Lipinski definition) is 4. The van der Waals surface area contributed by atoms with Crippen LogP contribution in [0.1, 0.15) is 23.7 Å². The van der Waals surface area contributed by atoms with E-state index in [1.165, 1.54) is 5.69 Å². The van der Waals surface area contributed by atoms with E-state index in [0.29, 0.717) is 36.8 Å². The lowest BCUT2D eigenvalue weighted by molar-refractivity contribution is 0.0952. The molecule has 132 valence electrons. The molecular weight excluding hydrogens is 316 g/mol. The van der Waals surface area contributed by atoms with Gasteiger partial charge >= 0.3 is 0 Å². The second kappa shape index (κ2) is 8.42. The molecule has 0 saturated carbocycles. The summed E-state index contributed by atoms with van der Waals surface area (Å²) in [5, 5.41) is 2.97. The molecule has 1 aliphatic heterocycles.